The van der Waals surface area contributed by atoms with Gasteiger partial charge in [0.25, 0.3) is 0 Å². The maximum atomic E-state index is 14.1. The summed E-state index contributed by atoms with van der Waals surface area (Å²) >= 11 is 1.64. The van der Waals surface area contributed by atoms with E-state index in [1.165, 1.54) is 73.0 Å². The molecule has 0 saturated heterocycles. The van der Waals surface area contributed by atoms with Gasteiger partial charge in [-0.2, -0.15) is 0 Å². The van der Waals surface area contributed by atoms with Crippen LogP contribution in [-0.4, -0.2) is 88.7 Å². The molecule has 137 heavy (non-hydrogen) atoms. The van der Waals surface area contributed by atoms with Gasteiger partial charge in [-0.1, -0.05) is 97.1 Å². The summed E-state index contributed by atoms with van der Waals surface area (Å²) in [5, 5.41) is 58.3. The van der Waals surface area contributed by atoms with E-state index in [1.54, 1.807) is 41.7 Å². The Labute approximate surface area is 792 Å². The molecular weight excluding hydrogens is 1750 g/mol. The molecule has 1 aliphatic heterocycles. The number of hydrogen-bond donors (Lipinski definition) is 14. The van der Waals surface area contributed by atoms with Gasteiger partial charge in [-0.05, 0) is 65.2 Å². The third-order valence-electron chi connectivity index (χ3n) is 23.6. The molecule has 0 aliphatic carbocycles. The van der Waals surface area contributed by atoms with Crippen LogP contribution >= 0.6 is 11.3 Å². The largest absolute Gasteiger partial charge is 0.467 e. The summed E-state index contributed by atoms with van der Waals surface area (Å²) in [6.07, 6.45) is 40.1. The van der Waals surface area contributed by atoms with Crippen molar-refractivity contribution in [2.45, 2.75) is 52.4 Å². The standard InChI is InChI=1S/C16H16FN4.C16H17N4.C14H15FN5.C14H18N5.C14H16N5.C14H15N4O.C14H15N4S/c1-20-6-5-15-13(9-20)4-7-21(15)10-12-3-2-11(16(18)19)8-14(12)17;1-19-8-7-15-14(11-19)6-9-20(15)10-12-2-4-13(5-3-12)16(17)18;1-18-5-4-13-19(6-7-20(13)18)9-11-3-2-10(14(16)17)8-12(11)15;2*1-17-7-6-13-18(8-9-19(13)17)10-11-2-4-12(5-3-11)14(15)16;2*1-17-4-3-13-10(7-17)2-5-18(13)8-12-6-11(9-19-12)14(15)16/h2-9H,10H2,1H3,(H3,18,19);2-9,11H,10H2,1H3,(H3,17,18);2-8H,9H2,1H3,(H3,16,17);2-7H,8-10H2,1H3,(H3,15,16);2-9H,10H2,1H3,(H3,15,16);2*2-7,9H,8H2,1H3,(H3,15,16)/q7*+1. The van der Waals surface area contributed by atoms with E-state index in [4.69, 9.17) is 82.4 Å². The van der Waals surface area contributed by atoms with E-state index in [0.29, 0.717) is 47.5 Å². The second kappa shape index (κ2) is 41.5. The minimum absolute atomic E-state index is 0.0272. The van der Waals surface area contributed by atoms with Gasteiger partial charge in [-0.15, -0.1) is 29.7 Å². The van der Waals surface area contributed by atoms with Crippen LogP contribution in [-0.2, 0) is 102 Å². The molecule has 0 spiro atoms. The minimum Gasteiger partial charge on any atom is -0.467 e. The number of rotatable bonds is 21. The van der Waals surface area contributed by atoms with Crippen molar-refractivity contribution >= 4 is 113 Å². The number of thiophene rings is 1. The molecule has 0 bridgehead atoms. The molecule has 32 nitrogen and oxygen atoms in total. The van der Waals surface area contributed by atoms with Gasteiger partial charge >= 0.3 is 11.3 Å². The number of nitrogens with two attached hydrogens (primary N) is 7. The fourth-order valence-corrected chi connectivity index (χ4v) is 17.1. The van der Waals surface area contributed by atoms with Gasteiger partial charge in [-0.3, -0.25) is 37.9 Å². The molecule has 0 saturated carbocycles. The molecule has 0 amide bonds. The Morgan fingerprint density at radius 1 is 0.358 bits per heavy atom. The van der Waals surface area contributed by atoms with E-state index >= 15 is 0 Å². The van der Waals surface area contributed by atoms with Crippen molar-refractivity contribution in [1.29, 1.82) is 37.9 Å². The Bertz CT molecular complexity index is 7700. The summed E-state index contributed by atoms with van der Waals surface area (Å²) in [6, 6.07) is 59.5. The van der Waals surface area contributed by atoms with Crippen LogP contribution in [0.2, 0.25) is 0 Å². The summed E-state index contributed by atoms with van der Waals surface area (Å²) in [4.78, 5) is 3.57. The third kappa shape index (κ3) is 22.6. The molecule has 694 valence electrons. The molecule has 0 unspecified atom stereocenters. The normalized spacial score (nSPS) is 11.4. The first-order chi connectivity index (χ1) is 65.8. The number of amidine groups is 7. The zero-order valence-electron chi connectivity index (χ0n) is 77.1. The minimum atomic E-state index is -0.347. The zero-order valence-corrected chi connectivity index (χ0v) is 77.9. The van der Waals surface area contributed by atoms with Crippen molar-refractivity contribution in [3.63, 3.8) is 0 Å². The fraction of sp³-hybridized carbons (Fsp3) is 0.157. The first kappa shape index (κ1) is 94.2. The highest BCUT2D eigenvalue weighted by Crippen LogP contribution is 2.26. The number of hydrogen-bond acceptors (Lipinski definition) is 10. The molecule has 0 radical (unpaired) electrons. The lowest BCUT2D eigenvalue weighted by Crippen LogP contribution is -2.37. The molecule has 20 aromatic rings. The van der Waals surface area contributed by atoms with E-state index in [0.717, 1.165) is 95.0 Å². The van der Waals surface area contributed by atoms with Gasteiger partial charge in [0.05, 0.1) is 81.4 Å². The number of furan rings is 1. The number of imidazole rings is 2. The number of halogens is 2. The number of benzene rings is 5. The van der Waals surface area contributed by atoms with Gasteiger partial charge in [0.15, 0.2) is 81.0 Å². The molecule has 16 heterocycles. The number of anilines is 1. The molecule has 0 fully saturated rings. The SMILES string of the molecule is C[n+]1ccc2c(ccn2Cc2cc(C(=N)N)co2)c1.C[n+]1ccc2c(ccn2Cc2cc(C(=N)N)cs2)c1.C[n+]1ccc2c(ccn2Cc2ccc(C(=N)N)cc2)c1.C[n+]1ccc2c(ccn2Cc2ccc(C(=N)N)cc2F)c1.C[n+]1ccc2n1CCN2Cc1ccc(C(=N)N)cc1.Cn1ccc2n1cc[n+]2Cc1ccc(C(=N)N)cc1.Cn1ccc2n1cc[n+]2Cc1ccc(C(=N)N)cc1F. The molecule has 35 heteroatoms. The second-order valence-electron chi connectivity index (χ2n) is 33.6. The molecule has 5 aromatic carbocycles. The first-order valence-electron chi connectivity index (χ1n) is 43.8. The average Bonchev–Trinajstić information content (AvgIpc) is 1.67. The lowest BCUT2D eigenvalue weighted by Gasteiger charge is -2.16. The Morgan fingerprint density at radius 3 is 1.18 bits per heavy atom. The highest BCUT2D eigenvalue weighted by atomic mass is 32.1. The Hall–Kier alpha value is -17.5. The number of nitrogens with zero attached hydrogens (tertiary/aromatic N) is 17. The summed E-state index contributed by atoms with van der Waals surface area (Å²) < 4.78 is 66.8. The van der Waals surface area contributed by atoms with Crippen LogP contribution in [0.1, 0.15) is 77.4 Å². The van der Waals surface area contributed by atoms with Crippen LogP contribution in [0.25, 0.3) is 54.9 Å². The molecule has 21 N–H and O–H groups in total. The number of nitrogen functional groups attached to an aromatic ring is 7. The average molecular weight is 1860 g/mol. The Balaban J connectivity index is 0.000000121. The summed E-state index contributed by atoms with van der Waals surface area (Å²) in [5.41, 5.74) is 54.1. The van der Waals surface area contributed by atoms with Gasteiger partial charge < -0.3 is 67.7 Å². The van der Waals surface area contributed by atoms with Crippen LogP contribution in [0.4, 0.5) is 14.6 Å². The van der Waals surface area contributed by atoms with E-state index < -0.39 is 0 Å². The number of fused-ring (bicyclic) bond motifs is 7. The van der Waals surface area contributed by atoms with E-state index in [1.807, 2.05) is 254 Å². The van der Waals surface area contributed by atoms with E-state index in [9.17, 15) is 8.78 Å². The Kier molecular flexibility index (Phi) is 28.5. The van der Waals surface area contributed by atoms with E-state index in [2.05, 4.69) is 142 Å². The van der Waals surface area contributed by atoms with Crippen LogP contribution in [0, 0.1) is 49.5 Å². The number of aromatic nitrogens is 16. The lowest BCUT2D eigenvalue weighted by atomic mass is 10.1. The van der Waals surface area contributed by atoms with Crippen LogP contribution in [0.15, 0.2) is 322 Å². The molecule has 1 aliphatic rings. The van der Waals surface area contributed by atoms with Crippen molar-refractivity contribution in [2.75, 3.05) is 11.4 Å². The highest BCUT2D eigenvalue weighted by molar-refractivity contribution is 7.10. The van der Waals surface area contributed by atoms with Crippen molar-refractivity contribution in [3.8, 4) is 0 Å². The van der Waals surface area contributed by atoms with Gasteiger partial charge in [0.2, 0.25) is 0 Å². The first-order valence-corrected chi connectivity index (χ1v) is 44.7. The molecule has 0 atom stereocenters. The van der Waals surface area contributed by atoms with Crippen molar-refractivity contribution < 1.29 is 45.3 Å². The van der Waals surface area contributed by atoms with Crippen molar-refractivity contribution in [3.05, 3.63) is 406 Å². The van der Waals surface area contributed by atoms with Crippen molar-refractivity contribution in [1.82, 2.24) is 41.3 Å². The fourth-order valence-electron chi connectivity index (χ4n) is 16.2. The summed E-state index contributed by atoms with van der Waals surface area (Å²) in [7, 11) is 14.0. The monoisotopic (exact) mass is 1860 g/mol. The summed E-state index contributed by atoms with van der Waals surface area (Å²) in [5.74, 6) is 1.60. The smallest absolute Gasteiger partial charge is 0.307 e. The maximum Gasteiger partial charge on any atom is 0.307 e. The number of pyridine rings is 4. The van der Waals surface area contributed by atoms with Crippen LogP contribution < -0.4 is 77.1 Å². The maximum absolute atomic E-state index is 14.1. The quantitative estimate of drug-likeness (QED) is 0.0185. The number of nitrogens with one attached hydrogen (secondary N) is 7. The third-order valence-corrected chi connectivity index (χ3v) is 24.6. The van der Waals surface area contributed by atoms with Gasteiger partial charge in [0.1, 0.15) is 118 Å². The van der Waals surface area contributed by atoms with Crippen LogP contribution in [0.3, 0.4) is 0 Å². The Morgan fingerprint density at radius 2 is 0.752 bits per heavy atom. The van der Waals surface area contributed by atoms with Gasteiger partial charge in [-0.25, -0.2) is 45.5 Å². The highest BCUT2D eigenvalue weighted by Gasteiger charge is 2.26. The van der Waals surface area contributed by atoms with E-state index in [-0.39, 0.29) is 52.5 Å². The van der Waals surface area contributed by atoms with Crippen LogP contribution in [0.5, 0.6) is 0 Å². The number of aryl methyl sites for hydroxylation is 7. The molecule has 15 aromatic heterocycles. The van der Waals surface area contributed by atoms with Crippen molar-refractivity contribution in [2.24, 2.45) is 89.5 Å². The second-order valence-corrected chi connectivity index (χ2v) is 34.6. The lowest BCUT2D eigenvalue weighted by molar-refractivity contribution is -0.751. The van der Waals surface area contributed by atoms with Gasteiger partial charge in [0, 0.05) is 162 Å². The molecule has 21 rings (SSSR count). The molecular formula is C102H112F2N31OS+7. The topological polar surface area (TPSA) is 436 Å². The zero-order chi connectivity index (χ0) is 97.0. The summed E-state index contributed by atoms with van der Waals surface area (Å²) in [6.45, 7) is 6.91. The predicted molar refractivity (Wildman–Crippen MR) is 529 cm³/mol. The predicted octanol–water partition coefficient (Wildman–Crippen LogP) is 9.54.